The van der Waals surface area contributed by atoms with E-state index in [1.165, 1.54) is 12.8 Å². The number of nitrogens with two attached hydrogens (primary N) is 2. The van der Waals surface area contributed by atoms with Crippen LogP contribution in [-0.2, 0) is 0 Å². The topological polar surface area (TPSA) is 87.9 Å². The first-order valence-corrected chi connectivity index (χ1v) is 6.02. The fourth-order valence-electron chi connectivity index (χ4n) is 2.31. The molecular formula is C13H18N4. The first-order valence-electron chi connectivity index (χ1n) is 6.02. The molecule has 5 N–H and O–H groups in total. The van der Waals surface area contributed by atoms with E-state index in [0.29, 0.717) is 17.3 Å². The highest BCUT2D eigenvalue weighted by atomic mass is 15.0. The summed E-state index contributed by atoms with van der Waals surface area (Å²) in [5.74, 6) is 0. The summed E-state index contributed by atoms with van der Waals surface area (Å²) in [4.78, 5) is 0. The molecule has 0 radical (unpaired) electrons. The average molecular weight is 230 g/mol. The molecule has 0 heterocycles. The van der Waals surface area contributed by atoms with Crippen molar-refractivity contribution in [3.8, 4) is 6.07 Å². The monoisotopic (exact) mass is 230 g/mol. The highest BCUT2D eigenvalue weighted by Gasteiger charge is 2.21. The largest absolute Gasteiger partial charge is 0.398 e. The molecule has 4 nitrogen and oxygen atoms in total. The van der Waals surface area contributed by atoms with Gasteiger partial charge >= 0.3 is 0 Å². The van der Waals surface area contributed by atoms with E-state index < -0.39 is 0 Å². The summed E-state index contributed by atoms with van der Waals surface area (Å²) in [5.41, 5.74) is 13.8. The van der Waals surface area contributed by atoms with Gasteiger partial charge in [0.2, 0.25) is 0 Å². The molecule has 4 heteroatoms. The average Bonchev–Trinajstić information content (AvgIpc) is 2.32. The van der Waals surface area contributed by atoms with Crippen molar-refractivity contribution in [2.24, 2.45) is 5.73 Å². The van der Waals surface area contributed by atoms with E-state index in [9.17, 15) is 0 Å². The Balaban J connectivity index is 2.08. The summed E-state index contributed by atoms with van der Waals surface area (Å²) < 4.78 is 0. The van der Waals surface area contributed by atoms with E-state index in [1.54, 1.807) is 12.1 Å². The molecule has 0 amide bonds. The Morgan fingerprint density at radius 3 is 2.71 bits per heavy atom. The molecular weight excluding hydrogens is 212 g/mol. The van der Waals surface area contributed by atoms with Crippen molar-refractivity contribution in [3.05, 3.63) is 23.8 Å². The third kappa shape index (κ3) is 2.69. The molecule has 17 heavy (non-hydrogen) atoms. The number of benzene rings is 1. The van der Waals surface area contributed by atoms with E-state index >= 15 is 0 Å². The zero-order chi connectivity index (χ0) is 12.3. The zero-order valence-electron chi connectivity index (χ0n) is 9.82. The van der Waals surface area contributed by atoms with Gasteiger partial charge in [-0.05, 0) is 31.0 Å². The third-order valence-corrected chi connectivity index (χ3v) is 3.34. The number of nitrogen functional groups attached to an aromatic ring is 1. The van der Waals surface area contributed by atoms with Gasteiger partial charge in [0.1, 0.15) is 6.07 Å². The van der Waals surface area contributed by atoms with Crippen LogP contribution in [0.4, 0.5) is 11.4 Å². The van der Waals surface area contributed by atoms with Gasteiger partial charge in [-0.15, -0.1) is 0 Å². The van der Waals surface area contributed by atoms with Crippen LogP contribution in [-0.4, -0.2) is 12.1 Å². The highest BCUT2D eigenvalue weighted by molar-refractivity contribution is 5.63. The van der Waals surface area contributed by atoms with Crippen LogP contribution in [0.3, 0.4) is 0 Å². The van der Waals surface area contributed by atoms with E-state index in [0.717, 1.165) is 18.5 Å². The number of nitriles is 1. The fraction of sp³-hybridized carbons (Fsp3) is 0.462. The van der Waals surface area contributed by atoms with Gasteiger partial charge in [-0.1, -0.05) is 12.8 Å². The van der Waals surface area contributed by atoms with Crippen molar-refractivity contribution < 1.29 is 0 Å². The summed E-state index contributed by atoms with van der Waals surface area (Å²) in [6, 6.07) is 8.01. The van der Waals surface area contributed by atoms with Gasteiger partial charge < -0.3 is 16.8 Å². The maximum absolute atomic E-state index is 8.80. The van der Waals surface area contributed by atoms with Gasteiger partial charge in [0.05, 0.1) is 11.3 Å². The Bertz CT molecular complexity index is 436. The second kappa shape index (κ2) is 5.07. The van der Waals surface area contributed by atoms with Gasteiger partial charge in [-0.25, -0.2) is 0 Å². The lowest BCUT2D eigenvalue weighted by Crippen LogP contribution is -2.42. The molecule has 1 saturated carbocycles. The first kappa shape index (κ1) is 11.7. The molecule has 1 fully saturated rings. The predicted octanol–water partition coefficient (Wildman–Crippen LogP) is 1.82. The second-order valence-electron chi connectivity index (χ2n) is 4.61. The van der Waals surface area contributed by atoms with Crippen molar-refractivity contribution in [2.75, 3.05) is 11.1 Å². The quantitative estimate of drug-likeness (QED) is 0.676. The van der Waals surface area contributed by atoms with Crippen LogP contribution < -0.4 is 16.8 Å². The number of hydrogen-bond donors (Lipinski definition) is 3. The molecule has 0 bridgehead atoms. The van der Waals surface area contributed by atoms with Gasteiger partial charge in [-0.2, -0.15) is 5.26 Å². The molecule has 0 aliphatic heterocycles. The molecule has 0 spiro atoms. The SMILES string of the molecule is N#Cc1ccc(NC2CCCCC2N)cc1N. The van der Waals surface area contributed by atoms with Crippen LogP contribution in [0.25, 0.3) is 0 Å². The highest BCUT2D eigenvalue weighted by Crippen LogP contribution is 2.23. The number of nitrogens with zero attached hydrogens (tertiary/aromatic N) is 1. The van der Waals surface area contributed by atoms with E-state index in [-0.39, 0.29) is 6.04 Å². The maximum atomic E-state index is 8.80. The van der Waals surface area contributed by atoms with Gasteiger partial charge in [-0.3, -0.25) is 0 Å². The molecule has 2 atom stereocenters. The first-order chi connectivity index (χ1) is 8.20. The summed E-state index contributed by atoms with van der Waals surface area (Å²) in [5, 5.41) is 12.2. The van der Waals surface area contributed by atoms with Crippen LogP contribution in [0.5, 0.6) is 0 Å². The Kier molecular flexibility index (Phi) is 3.50. The molecule has 1 aromatic carbocycles. The molecule has 1 aliphatic rings. The number of nitrogens with one attached hydrogen (secondary N) is 1. The summed E-state index contributed by atoms with van der Waals surface area (Å²) in [6.07, 6.45) is 4.61. The molecule has 0 aromatic heterocycles. The van der Waals surface area contributed by atoms with E-state index in [1.807, 2.05) is 6.07 Å². The Morgan fingerprint density at radius 2 is 2.06 bits per heavy atom. The molecule has 1 aliphatic carbocycles. The van der Waals surface area contributed by atoms with Crippen LogP contribution in [0.15, 0.2) is 18.2 Å². The third-order valence-electron chi connectivity index (χ3n) is 3.34. The van der Waals surface area contributed by atoms with Gasteiger partial charge in [0, 0.05) is 17.8 Å². The van der Waals surface area contributed by atoms with Crippen LogP contribution in [0.2, 0.25) is 0 Å². The van der Waals surface area contributed by atoms with Crippen molar-refractivity contribution in [1.82, 2.24) is 0 Å². The molecule has 2 unspecified atom stereocenters. The zero-order valence-corrected chi connectivity index (χ0v) is 9.82. The summed E-state index contributed by atoms with van der Waals surface area (Å²) >= 11 is 0. The number of anilines is 2. The summed E-state index contributed by atoms with van der Waals surface area (Å²) in [7, 11) is 0. The Labute approximate surface area is 102 Å². The Morgan fingerprint density at radius 1 is 1.29 bits per heavy atom. The van der Waals surface area contributed by atoms with E-state index in [4.69, 9.17) is 16.7 Å². The van der Waals surface area contributed by atoms with Gasteiger partial charge in [0.25, 0.3) is 0 Å². The maximum Gasteiger partial charge on any atom is 0.101 e. The van der Waals surface area contributed by atoms with Crippen LogP contribution >= 0.6 is 0 Å². The minimum absolute atomic E-state index is 0.209. The molecule has 1 aromatic rings. The Hall–Kier alpha value is -1.73. The van der Waals surface area contributed by atoms with Crippen molar-refractivity contribution >= 4 is 11.4 Å². The second-order valence-corrected chi connectivity index (χ2v) is 4.61. The minimum atomic E-state index is 0.209. The lowest BCUT2D eigenvalue weighted by Gasteiger charge is -2.30. The molecule has 0 saturated heterocycles. The van der Waals surface area contributed by atoms with Crippen molar-refractivity contribution in [1.29, 1.82) is 5.26 Å². The molecule has 2 rings (SSSR count). The van der Waals surface area contributed by atoms with Crippen molar-refractivity contribution in [2.45, 2.75) is 37.8 Å². The lowest BCUT2D eigenvalue weighted by molar-refractivity contribution is 0.404. The molecule has 90 valence electrons. The fourth-order valence-corrected chi connectivity index (χ4v) is 2.31. The predicted molar refractivity (Wildman–Crippen MR) is 69.4 cm³/mol. The smallest absolute Gasteiger partial charge is 0.101 e. The van der Waals surface area contributed by atoms with Gasteiger partial charge in [0.15, 0.2) is 0 Å². The number of rotatable bonds is 2. The van der Waals surface area contributed by atoms with Crippen LogP contribution in [0, 0.1) is 11.3 Å². The van der Waals surface area contributed by atoms with Crippen molar-refractivity contribution in [3.63, 3.8) is 0 Å². The number of hydrogen-bond acceptors (Lipinski definition) is 4. The summed E-state index contributed by atoms with van der Waals surface area (Å²) in [6.45, 7) is 0. The van der Waals surface area contributed by atoms with E-state index in [2.05, 4.69) is 11.4 Å². The van der Waals surface area contributed by atoms with Crippen LogP contribution in [0.1, 0.15) is 31.2 Å². The normalized spacial score (nSPS) is 24.0. The lowest BCUT2D eigenvalue weighted by atomic mass is 9.91. The standard InChI is InChI=1S/C13H18N4/c14-8-9-5-6-10(7-12(9)16)17-13-4-2-1-3-11(13)15/h5-7,11,13,17H,1-4,15-16H2. The minimum Gasteiger partial charge on any atom is -0.398 e.